The lowest BCUT2D eigenvalue weighted by molar-refractivity contribution is 0.0913. The van der Waals surface area contributed by atoms with Crippen LogP contribution in [0.5, 0.6) is 0 Å². The number of carbonyl (C=O) groups is 1. The van der Waals surface area contributed by atoms with Gasteiger partial charge in [0.25, 0.3) is 5.91 Å². The highest BCUT2D eigenvalue weighted by Gasteiger charge is 2.23. The Morgan fingerprint density at radius 3 is 2.71 bits per heavy atom. The summed E-state index contributed by atoms with van der Waals surface area (Å²) < 4.78 is 0. The van der Waals surface area contributed by atoms with E-state index in [1.165, 1.54) is 22.5 Å². The van der Waals surface area contributed by atoms with Crippen molar-refractivity contribution < 1.29 is 4.79 Å². The average molecular weight is 363 g/mol. The van der Waals surface area contributed by atoms with E-state index < -0.39 is 0 Å². The van der Waals surface area contributed by atoms with Crippen LogP contribution in [0.3, 0.4) is 0 Å². The second kappa shape index (κ2) is 7.68. The van der Waals surface area contributed by atoms with Gasteiger partial charge in [0.15, 0.2) is 0 Å². The highest BCUT2D eigenvalue weighted by molar-refractivity contribution is 7.13. The summed E-state index contributed by atoms with van der Waals surface area (Å²) in [7, 11) is 0. The predicted octanol–water partition coefficient (Wildman–Crippen LogP) is 4.41. The molecule has 0 atom stereocenters. The van der Waals surface area contributed by atoms with Gasteiger partial charge in [-0.15, -0.1) is 11.3 Å². The summed E-state index contributed by atoms with van der Waals surface area (Å²) in [4.78, 5) is 15.5. The number of piperidine rings is 1. The van der Waals surface area contributed by atoms with Gasteiger partial charge in [0.1, 0.15) is 4.88 Å². The molecule has 5 heteroatoms. The van der Waals surface area contributed by atoms with Gasteiger partial charge < -0.3 is 5.32 Å². The van der Waals surface area contributed by atoms with Crippen LogP contribution in [-0.4, -0.2) is 29.9 Å². The van der Waals surface area contributed by atoms with E-state index in [1.807, 2.05) is 12.3 Å². The molecule has 0 unspecified atom stereocenters. The van der Waals surface area contributed by atoms with Crippen LogP contribution in [0.15, 0.2) is 29.6 Å². The zero-order valence-corrected chi connectivity index (χ0v) is 15.7. The molecule has 1 fully saturated rings. The Labute approximate surface area is 152 Å². The van der Waals surface area contributed by atoms with Crippen molar-refractivity contribution >= 4 is 28.8 Å². The third-order valence-electron chi connectivity index (χ3n) is 4.52. The highest BCUT2D eigenvalue weighted by atomic mass is 35.5. The van der Waals surface area contributed by atoms with Gasteiger partial charge in [-0.1, -0.05) is 41.4 Å². The predicted molar refractivity (Wildman–Crippen MR) is 101 cm³/mol. The molecule has 1 N–H and O–H groups in total. The lowest BCUT2D eigenvalue weighted by Crippen LogP contribution is -2.44. The molecule has 1 saturated heterocycles. The number of carbonyl (C=O) groups excluding carboxylic acids is 1. The number of aryl methyl sites for hydroxylation is 2. The number of nitrogens with one attached hydrogen (secondary N) is 1. The smallest absolute Gasteiger partial charge is 0.263 e. The number of halogens is 1. The van der Waals surface area contributed by atoms with E-state index in [-0.39, 0.29) is 11.9 Å². The van der Waals surface area contributed by atoms with Crippen molar-refractivity contribution in [3.63, 3.8) is 0 Å². The van der Waals surface area contributed by atoms with Crippen LogP contribution >= 0.6 is 22.9 Å². The van der Waals surface area contributed by atoms with Gasteiger partial charge >= 0.3 is 0 Å². The molecule has 0 bridgehead atoms. The molecule has 3 rings (SSSR count). The quantitative estimate of drug-likeness (QED) is 0.873. The third kappa shape index (κ3) is 4.18. The lowest BCUT2D eigenvalue weighted by atomic mass is 10.0. The molecule has 1 aromatic heterocycles. The number of benzene rings is 1. The molecule has 0 aliphatic carbocycles. The molecule has 1 aliphatic heterocycles. The molecular formula is C19H23ClN2OS. The molecule has 0 saturated carbocycles. The van der Waals surface area contributed by atoms with Crippen LogP contribution in [0, 0.1) is 13.8 Å². The number of hydrogen-bond donors (Lipinski definition) is 1. The molecule has 128 valence electrons. The zero-order chi connectivity index (χ0) is 17.1. The lowest BCUT2D eigenvalue weighted by Gasteiger charge is -2.32. The fourth-order valence-electron chi connectivity index (χ4n) is 3.14. The minimum Gasteiger partial charge on any atom is -0.348 e. The van der Waals surface area contributed by atoms with E-state index in [2.05, 4.69) is 41.4 Å². The Bertz CT molecular complexity index is 720. The number of rotatable bonds is 4. The van der Waals surface area contributed by atoms with Gasteiger partial charge in [-0.3, -0.25) is 9.69 Å². The second-order valence-electron chi connectivity index (χ2n) is 6.57. The molecule has 1 aliphatic rings. The zero-order valence-electron chi connectivity index (χ0n) is 14.1. The first-order valence-electron chi connectivity index (χ1n) is 8.35. The maximum absolute atomic E-state index is 12.4. The number of hydrogen-bond acceptors (Lipinski definition) is 3. The van der Waals surface area contributed by atoms with Crippen LogP contribution in [0.2, 0.25) is 5.02 Å². The van der Waals surface area contributed by atoms with Crippen LogP contribution in [0.1, 0.15) is 39.2 Å². The average Bonchev–Trinajstić information content (AvgIpc) is 2.89. The summed E-state index contributed by atoms with van der Waals surface area (Å²) in [5, 5.41) is 5.67. The van der Waals surface area contributed by atoms with Crippen molar-refractivity contribution in [2.24, 2.45) is 0 Å². The SMILES string of the molecule is Cc1cccc(CN2CCC(NC(=O)c3scc(C)c3Cl)CC2)c1. The van der Waals surface area contributed by atoms with Crippen LogP contribution < -0.4 is 5.32 Å². The van der Waals surface area contributed by atoms with Gasteiger partial charge in [-0.2, -0.15) is 0 Å². The summed E-state index contributed by atoms with van der Waals surface area (Å²) in [5.41, 5.74) is 3.64. The largest absolute Gasteiger partial charge is 0.348 e. The van der Waals surface area contributed by atoms with E-state index in [0.29, 0.717) is 9.90 Å². The van der Waals surface area contributed by atoms with Crippen LogP contribution in [0.4, 0.5) is 0 Å². The Morgan fingerprint density at radius 2 is 2.08 bits per heavy atom. The summed E-state index contributed by atoms with van der Waals surface area (Å²) in [6.45, 7) is 7.06. The van der Waals surface area contributed by atoms with E-state index in [9.17, 15) is 4.79 Å². The number of nitrogens with zero attached hydrogens (tertiary/aromatic N) is 1. The summed E-state index contributed by atoms with van der Waals surface area (Å²) >= 11 is 7.61. The first kappa shape index (κ1) is 17.5. The standard InChI is InChI=1S/C19H23ClN2OS/c1-13-4-3-5-15(10-13)11-22-8-6-16(7-9-22)21-19(23)18-17(20)14(2)12-24-18/h3-5,10,12,16H,6-9,11H2,1-2H3,(H,21,23). The van der Waals surface area contributed by atoms with Crippen LogP contribution in [0.25, 0.3) is 0 Å². The fourth-order valence-corrected chi connectivity index (χ4v) is 4.32. The minimum atomic E-state index is -0.0322. The monoisotopic (exact) mass is 362 g/mol. The number of amides is 1. The molecule has 0 spiro atoms. The normalized spacial score (nSPS) is 16.3. The van der Waals surface area contributed by atoms with E-state index >= 15 is 0 Å². The Kier molecular flexibility index (Phi) is 5.59. The van der Waals surface area contributed by atoms with Gasteiger partial charge in [-0.25, -0.2) is 0 Å². The topological polar surface area (TPSA) is 32.3 Å². The van der Waals surface area contributed by atoms with Crippen molar-refractivity contribution in [3.8, 4) is 0 Å². The first-order chi connectivity index (χ1) is 11.5. The van der Waals surface area contributed by atoms with Gasteiger partial charge in [-0.05, 0) is 43.2 Å². The number of thiophene rings is 1. The molecule has 0 radical (unpaired) electrons. The molecule has 24 heavy (non-hydrogen) atoms. The van der Waals surface area contributed by atoms with Crippen LogP contribution in [-0.2, 0) is 6.54 Å². The summed E-state index contributed by atoms with van der Waals surface area (Å²) in [6.07, 6.45) is 1.97. The van der Waals surface area contributed by atoms with Crippen molar-refractivity contribution in [3.05, 3.63) is 56.2 Å². The summed E-state index contributed by atoms with van der Waals surface area (Å²) in [6, 6.07) is 8.91. The maximum atomic E-state index is 12.4. The highest BCUT2D eigenvalue weighted by Crippen LogP contribution is 2.27. The Morgan fingerprint density at radius 1 is 1.33 bits per heavy atom. The first-order valence-corrected chi connectivity index (χ1v) is 9.61. The molecule has 2 heterocycles. The molecule has 2 aromatic rings. The number of likely N-dealkylation sites (tertiary alicyclic amines) is 1. The van der Waals surface area contributed by atoms with E-state index in [0.717, 1.165) is 38.0 Å². The van der Waals surface area contributed by atoms with Crippen molar-refractivity contribution in [2.45, 2.75) is 39.3 Å². The molecular weight excluding hydrogens is 340 g/mol. The third-order valence-corrected chi connectivity index (χ3v) is 6.21. The van der Waals surface area contributed by atoms with E-state index in [1.54, 1.807) is 0 Å². The second-order valence-corrected chi connectivity index (χ2v) is 7.83. The van der Waals surface area contributed by atoms with Gasteiger partial charge in [0.2, 0.25) is 0 Å². The van der Waals surface area contributed by atoms with E-state index in [4.69, 9.17) is 11.6 Å². The molecule has 3 nitrogen and oxygen atoms in total. The van der Waals surface area contributed by atoms with Crippen molar-refractivity contribution in [1.82, 2.24) is 10.2 Å². The Balaban J connectivity index is 1.50. The van der Waals surface area contributed by atoms with Crippen molar-refractivity contribution in [2.75, 3.05) is 13.1 Å². The molecule has 1 amide bonds. The summed E-state index contributed by atoms with van der Waals surface area (Å²) in [5.74, 6) is -0.0322. The minimum absolute atomic E-state index is 0.0322. The molecule has 1 aromatic carbocycles. The van der Waals surface area contributed by atoms with Gasteiger partial charge in [0, 0.05) is 25.7 Å². The fraction of sp³-hybridized carbons (Fsp3) is 0.421. The maximum Gasteiger partial charge on any atom is 0.263 e. The Hall–Kier alpha value is -1.36. The van der Waals surface area contributed by atoms with Gasteiger partial charge in [0.05, 0.1) is 5.02 Å². The van der Waals surface area contributed by atoms with Crippen molar-refractivity contribution in [1.29, 1.82) is 0 Å².